The first-order chi connectivity index (χ1) is 5.75. The lowest BCUT2D eigenvalue weighted by atomic mass is 10.3. The van der Waals surface area contributed by atoms with Crippen molar-refractivity contribution in [3.63, 3.8) is 0 Å². The molecule has 0 radical (unpaired) electrons. The molecule has 1 aromatic rings. The van der Waals surface area contributed by atoms with E-state index in [0.29, 0.717) is 11.4 Å². The minimum absolute atomic E-state index is 0.224. The number of methoxy groups -OCH3 is 1. The number of rotatable bonds is 3. The van der Waals surface area contributed by atoms with E-state index in [4.69, 9.17) is 15.2 Å². The van der Waals surface area contributed by atoms with Gasteiger partial charge in [-0.3, -0.25) is 0 Å². The van der Waals surface area contributed by atoms with Crippen LogP contribution in [0.25, 0.3) is 0 Å². The summed E-state index contributed by atoms with van der Waals surface area (Å²) in [4.78, 5) is 0. The maximum absolute atomic E-state index is 5.62. The molecule has 0 aliphatic rings. The minimum Gasteiger partial charge on any atom is -0.466 e. The minimum atomic E-state index is 0.224. The average Bonchev–Trinajstić information content (AvgIpc) is 2.08. The Morgan fingerprint density at radius 3 is 2.92 bits per heavy atom. The molecule has 0 spiro atoms. The van der Waals surface area contributed by atoms with Crippen LogP contribution in [0.3, 0.4) is 0 Å². The van der Waals surface area contributed by atoms with E-state index in [1.165, 1.54) is 0 Å². The number of halogens is 1. The Kier molecular flexibility index (Phi) is 3.37. The van der Waals surface area contributed by atoms with Crippen molar-refractivity contribution in [3.05, 3.63) is 22.7 Å². The first-order valence-electron chi connectivity index (χ1n) is 3.41. The van der Waals surface area contributed by atoms with E-state index in [9.17, 15) is 0 Å². The average molecular weight is 232 g/mol. The lowest BCUT2D eigenvalue weighted by Gasteiger charge is -2.07. The van der Waals surface area contributed by atoms with Gasteiger partial charge in [0.25, 0.3) is 0 Å². The van der Waals surface area contributed by atoms with Gasteiger partial charge in [0, 0.05) is 12.8 Å². The SMILES string of the molecule is COCOc1cccc(N)c1Br. The Labute approximate surface area is 79.6 Å². The highest BCUT2D eigenvalue weighted by Crippen LogP contribution is 2.29. The number of hydrogen-bond donors (Lipinski definition) is 1. The van der Waals surface area contributed by atoms with Gasteiger partial charge in [0.05, 0.1) is 4.47 Å². The van der Waals surface area contributed by atoms with E-state index >= 15 is 0 Å². The molecule has 12 heavy (non-hydrogen) atoms. The maximum atomic E-state index is 5.62. The van der Waals surface area contributed by atoms with Gasteiger partial charge < -0.3 is 15.2 Å². The van der Waals surface area contributed by atoms with Gasteiger partial charge in [0.15, 0.2) is 6.79 Å². The second-order valence-corrected chi connectivity index (χ2v) is 3.00. The highest BCUT2D eigenvalue weighted by molar-refractivity contribution is 9.10. The van der Waals surface area contributed by atoms with E-state index in [1.54, 1.807) is 13.2 Å². The molecule has 4 heteroatoms. The van der Waals surface area contributed by atoms with Crippen molar-refractivity contribution >= 4 is 21.6 Å². The molecule has 0 unspecified atom stereocenters. The molecular formula is C8H10BrNO2. The lowest BCUT2D eigenvalue weighted by Crippen LogP contribution is -2.00. The first-order valence-corrected chi connectivity index (χ1v) is 4.20. The van der Waals surface area contributed by atoms with Crippen molar-refractivity contribution in [1.29, 1.82) is 0 Å². The molecule has 0 atom stereocenters. The predicted octanol–water partition coefficient (Wildman–Crippen LogP) is 2.01. The van der Waals surface area contributed by atoms with E-state index in [2.05, 4.69) is 15.9 Å². The van der Waals surface area contributed by atoms with Crippen LogP contribution >= 0.6 is 15.9 Å². The van der Waals surface area contributed by atoms with Crippen molar-refractivity contribution in [2.24, 2.45) is 0 Å². The second-order valence-electron chi connectivity index (χ2n) is 2.21. The van der Waals surface area contributed by atoms with Crippen LogP contribution in [0.4, 0.5) is 5.69 Å². The standard InChI is InChI=1S/C8H10BrNO2/c1-11-5-12-7-4-2-3-6(10)8(7)9/h2-4H,5,10H2,1H3. The molecule has 0 saturated carbocycles. The van der Waals surface area contributed by atoms with Crippen LogP contribution in [-0.4, -0.2) is 13.9 Å². The van der Waals surface area contributed by atoms with E-state index < -0.39 is 0 Å². The molecular weight excluding hydrogens is 222 g/mol. The molecule has 0 aliphatic carbocycles. The molecule has 0 amide bonds. The second kappa shape index (κ2) is 4.33. The van der Waals surface area contributed by atoms with Crippen LogP contribution in [0.2, 0.25) is 0 Å². The molecule has 3 nitrogen and oxygen atoms in total. The molecule has 0 heterocycles. The summed E-state index contributed by atoms with van der Waals surface area (Å²) in [6.45, 7) is 0.224. The van der Waals surface area contributed by atoms with Crippen LogP contribution in [0.5, 0.6) is 5.75 Å². The quantitative estimate of drug-likeness (QED) is 0.640. The van der Waals surface area contributed by atoms with Gasteiger partial charge in [-0.1, -0.05) is 6.07 Å². The lowest BCUT2D eigenvalue weighted by molar-refractivity contribution is 0.0506. The van der Waals surface area contributed by atoms with Crippen LogP contribution in [0, 0.1) is 0 Å². The molecule has 0 aromatic heterocycles. The zero-order chi connectivity index (χ0) is 8.97. The van der Waals surface area contributed by atoms with Crippen LogP contribution in [-0.2, 0) is 4.74 Å². The number of hydrogen-bond acceptors (Lipinski definition) is 3. The normalized spacial score (nSPS) is 9.83. The van der Waals surface area contributed by atoms with Crippen molar-refractivity contribution in [3.8, 4) is 5.75 Å². The van der Waals surface area contributed by atoms with Gasteiger partial charge in [-0.2, -0.15) is 0 Å². The third-order valence-electron chi connectivity index (χ3n) is 1.33. The first kappa shape index (κ1) is 9.35. The van der Waals surface area contributed by atoms with E-state index in [0.717, 1.165) is 4.47 Å². The van der Waals surface area contributed by atoms with Gasteiger partial charge in [0.2, 0.25) is 0 Å². The zero-order valence-corrected chi connectivity index (χ0v) is 8.30. The monoisotopic (exact) mass is 231 g/mol. The van der Waals surface area contributed by atoms with Gasteiger partial charge in [-0.25, -0.2) is 0 Å². The maximum Gasteiger partial charge on any atom is 0.188 e. The molecule has 0 bridgehead atoms. The van der Waals surface area contributed by atoms with Gasteiger partial charge in [-0.15, -0.1) is 0 Å². The Hall–Kier alpha value is -0.740. The summed E-state index contributed by atoms with van der Waals surface area (Å²) in [5, 5.41) is 0. The smallest absolute Gasteiger partial charge is 0.188 e. The van der Waals surface area contributed by atoms with Crippen molar-refractivity contribution in [2.45, 2.75) is 0 Å². The van der Waals surface area contributed by atoms with E-state index in [-0.39, 0.29) is 6.79 Å². The largest absolute Gasteiger partial charge is 0.466 e. The number of benzene rings is 1. The number of nitrogens with two attached hydrogens (primary N) is 1. The summed E-state index contributed by atoms with van der Waals surface area (Å²) in [5.74, 6) is 0.692. The zero-order valence-electron chi connectivity index (χ0n) is 6.71. The molecule has 1 rings (SSSR count). The van der Waals surface area contributed by atoms with Gasteiger partial charge in [-0.05, 0) is 28.1 Å². The Morgan fingerprint density at radius 2 is 2.25 bits per heavy atom. The summed E-state index contributed by atoms with van der Waals surface area (Å²) >= 11 is 3.30. The van der Waals surface area contributed by atoms with E-state index in [1.807, 2.05) is 12.1 Å². The Balaban J connectivity index is 2.78. The van der Waals surface area contributed by atoms with Crippen molar-refractivity contribution in [2.75, 3.05) is 19.6 Å². The summed E-state index contributed by atoms with van der Waals surface area (Å²) in [7, 11) is 1.57. The predicted molar refractivity (Wildman–Crippen MR) is 51.1 cm³/mol. The fourth-order valence-electron chi connectivity index (χ4n) is 0.762. The summed E-state index contributed by atoms with van der Waals surface area (Å²) < 4.78 is 10.7. The van der Waals surface area contributed by atoms with Gasteiger partial charge in [0.1, 0.15) is 5.75 Å². The summed E-state index contributed by atoms with van der Waals surface area (Å²) in [5.41, 5.74) is 6.28. The van der Waals surface area contributed by atoms with Crippen LogP contribution in [0.1, 0.15) is 0 Å². The molecule has 2 N–H and O–H groups in total. The summed E-state index contributed by atoms with van der Waals surface area (Å²) in [6.07, 6.45) is 0. The number of anilines is 1. The molecule has 0 saturated heterocycles. The number of ether oxygens (including phenoxy) is 2. The van der Waals surface area contributed by atoms with Crippen molar-refractivity contribution in [1.82, 2.24) is 0 Å². The topological polar surface area (TPSA) is 44.5 Å². The van der Waals surface area contributed by atoms with Crippen LogP contribution < -0.4 is 10.5 Å². The Bertz CT molecular complexity index is 265. The third kappa shape index (κ3) is 2.12. The van der Waals surface area contributed by atoms with Gasteiger partial charge >= 0.3 is 0 Å². The fraction of sp³-hybridized carbons (Fsp3) is 0.250. The molecule has 66 valence electrons. The highest BCUT2D eigenvalue weighted by atomic mass is 79.9. The summed E-state index contributed by atoms with van der Waals surface area (Å²) in [6, 6.07) is 5.44. The molecule has 0 aliphatic heterocycles. The highest BCUT2D eigenvalue weighted by Gasteiger charge is 2.02. The molecule has 1 aromatic carbocycles. The number of nitrogen functional groups attached to an aromatic ring is 1. The Morgan fingerprint density at radius 1 is 1.50 bits per heavy atom. The van der Waals surface area contributed by atoms with Crippen LogP contribution in [0.15, 0.2) is 22.7 Å². The third-order valence-corrected chi connectivity index (χ3v) is 2.17. The fourth-order valence-corrected chi connectivity index (χ4v) is 1.14. The molecule has 0 fully saturated rings. The van der Waals surface area contributed by atoms with Crippen molar-refractivity contribution < 1.29 is 9.47 Å².